The van der Waals surface area contributed by atoms with E-state index in [1.54, 1.807) is 0 Å². The number of fused-ring (bicyclic) bond motifs is 1. The quantitative estimate of drug-likeness (QED) is 0.408. The number of nitrogens with two attached hydrogens (primary N) is 1. The van der Waals surface area contributed by atoms with E-state index in [1.807, 2.05) is 18.2 Å². The van der Waals surface area contributed by atoms with Gasteiger partial charge in [0.25, 0.3) is 0 Å². The van der Waals surface area contributed by atoms with Crippen LogP contribution in [0, 0.1) is 0 Å². The Labute approximate surface area is 151 Å². The number of anilines is 1. The van der Waals surface area contributed by atoms with Gasteiger partial charge in [0.1, 0.15) is 0 Å². The predicted molar refractivity (Wildman–Crippen MR) is 104 cm³/mol. The molecule has 0 spiro atoms. The number of nitrogens with zero attached hydrogens (tertiary/aromatic N) is 2. The smallest absolute Gasteiger partial charge is 0.193 e. The number of hydrogen-bond donors (Lipinski definition) is 2. The molecule has 140 valence electrons. The largest absolute Gasteiger partial charge is 0.490 e. The fourth-order valence-corrected chi connectivity index (χ4v) is 2.70. The van der Waals surface area contributed by atoms with E-state index in [1.165, 1.54) is 32.2 Å². The molecule has 6 heteroatoms. The highest BCUT2D eigenvalue weighted by Gasteiger charge is 2.10. The van der Waals surface area contributed by atoms with Crippen molar-refractivity contribution in [2.24, 2.45) is 10.7 Å². The monoisotopic (exact) mass is 348 g/mol. The standard InChI is InChI=1S/C19H32N4O2/c1-23(2)12-7-5-3-4-6-11-21-19(20)22-16-9-10-17-18(15-16)25-14-8-13-24-17/h9-10,15H,3-8,11-14H2,1-2H3,(H3,20,21,22). The average molecular weight is 348 g/mol. The van der Waals surface area contributed by atoms with Crippen LogP contribution in [0.25, 0.3) is 0 Å². The first-order chi connectivity index (χ1) is 12.1. The van der Waals surface area contributed by atoms with Crippen molar-refractivity contribution in [3.05, 3.63) is 18.2 Å². The van der Waals surface area contributed by atoms with Crippen LogP contribution >= 0.6 is 0 Å². The average Bonchev–Trinajstić information content (AvgIpc) is 2.82. The van der Waals surface area contributed by atoms with Crippen LogP contribution in [0.3, 0.4) is 0 Å². The highest BCUT2D eigenvalue weighted by molar-refractivity contribution is 5.92. The van der Waals surface area contributed by atoms with Crippen LogP contribution in [0.1, 0.15) is 38.5 Å². The maximum Gasteiger partial charge on any atom is 0.193 e. The fraction of sp³-hybridized carbons (Fsp3) is 0.632. The topological polar surface area (TPSA) is 72.1 Å². The molecule has 0 bridgehead atoms. The Morgan fingerprint density at radius 1 is 1.08 bits per heavy atom. The molecule has 1 aromatic rings. The molecule has 0 aliphatic carbocycles. The molecule has 0 aromatic heterocycles. The van der Waals surface area contributed by atoms with E-state index in [0.29, 0.717) is 19.2 Å². The highest BCUT2D eigenvalue weighted by Crippen LogP contribution is 2.32. The lowest BCUT2D eigenvalue weighted by molar-refractivity contribution is 0.297. The Kier molecular flexibility index (Phi) is 8.39. The van der Waals surface area contributed by atoms with Crippen LogP contribution in [0.4, 0.5) is 5.69 Å². The third kappa shape index (κ3) is 7.65. The summed E-state index contributed by atoms with van der Waals surface area (Å²) in [5.41, 5.74) is 6.84. The van der Waals surface area contributed by atoms with Crippen LogP contribution in [0.2, 0.25) is 0 Å². The molecule has 2 rings (SSSR count). The zero-order valence-corrected chi connectivity index (χ0v) is 15.6. The zero-order chi connectivity index (χ0) is 17.9. The summed E-state index contributed by atoms with van der Waals surface area (Å²) < 4.78 is 11.3. The van der Waals surface area contributed by atoms with Gasteiger partial charge in [-0.15, -0.1) is 0 Å². The lowest BCUT2D eigenvalue weighted by atomic mass is 10.1. The molecule has 0 fully saturated rings. The number of aliphatic imine (C=N–C) groups is 1. The molecule has 0 saturated carbocycles. The molecule has 1 aliphatic heterocycles. The third-order valence-electron chi connectivity index (χ3n) is 4.07. The fourth-order valence-electron chi connectivity index (χ4n) is 2.70. The summed E-state index contributed by atoms with van der Waals surface area (Å²) in [4.78, 5) is 6.63. The summed E-state index contributed by atoms with van der Waals surface area (Å²) in [5.74, 6) is 1.99. The van der Waals surface area contributed by atoms with Gasteiger partial charge in [0.2, 0.25) is 0 Å². The summed E-state index contributed by atoms with van der Waals surface area (Å²) in [6, 6.07) is 5.75. The summed E-state index contributed by atoms with van der Waals surface area (Å²) >= 11 is 0. The number of rotatable bonds is 9. The van der Waals surface area contributed by atoms with Crippen LogP contribution in [0.5, 0.6) is 11.5 Å². The number of ether oxygens (including phenoxy) is 2. The van der Waals surface area contributed by atoms with E-state index in [4.69, 9.17) is 15.2 Å². The summed E-state index contributed by atoms with van der Waals surface area (Å²) in [6.07, 6.45) is 6.99. The van der Waals surface area contributed by atoms with Crippen molar-refractivity contribution in [1.29, 1.82) is 0 Å². The maximum atomic E-state index is 5.97. The number of unbranched alkanes of at least 4 members (excludes halogenated alkanes) is 4. The molecule has 0 amide bonds. The van der Waals surface area contributed by atoms with Gasteiger partial charge >= 0.3 is 0 Å². The van der Waals surface area contributed by atoms with E-state index in [9.17, 15) is 0 Å². The Balaban J connectivity index is 1.66. The van der Waals surface area contributed by atoms with E-state index in [0.717, 1.165) is 36.6 Å². The Bertz CT molecular complexity index is 546. The van der Waals surface area contributed by atoms with Gasteiger partial charge in [-0.25, -0.2) is 0 Å². The number of guanidine groups is 1. The number of hydrogen-bond acceptors (Lipinski definition) is 4. The molecule has 0 unspecified atom stereocenters. The minimum Gasteiger partial charge on any atom is -0.490 e. The summed E-state index contributed by atoms with van der Waals surface area (Å²) in [6.45, 7) is 3.30. The SMILES string of the molecule is CN(C)CCCCCCCN=C(N)Nc1ccc2c(c1)OCCCO2. The molecule has 0 radical (unpaired) electrons. The molecule has 1 aliphatic rings. The van der Waals surface area contributed by atoms with Crippen molar-refractivity contribution in [3.63, 3.8) is 0 Å². The van der Waals surface area contributed by atoms with Gasteiger partial charge < -0.3 is 25.4 Å². The minimum absolute atomic E-state index is 0.446. The van der Waals surface area contributed by atoms with Crippen LogP contribution < -0.4 is 20.5 Å². The first kappa shape index (κ1) is 19.4. The number of benzene rings is 1. The van der Waals surface area contributed by atoms with E-state index >= 15 is 0 Å². The second-order valence-electron chi connectivity index (χ2n) is 6.67. The Morgan fingerprint density at radius 3 is 2.60 bits per heavy atom. The van der Waals surface area contributed by atoms with Crippen molar-refractivity contribution in [3.8, 4) is 11.5 Å². The van der Waals surface area contributed by atoms with Crippen molar-refractivity contribution < 1.29 is 9.47 Å². The molecule has 6 nitrogen and oxygen atoms in total. The van der Waals surface area contributed by atoms with Crippen LogP contribution in [-0.2, 0) is 0 Å². The number of nitrogens with one attached hydrogen (secondary N) is 1. The van der Waals surface area contributed by atoms with Crippen LogP contribution in [-0.4, -0.2) is 51.3 Å². The van der Waals surface area contributed by atoms with E-state index < -0.39 is 0 Å². The second-order valence-corrected chi connectivity index (χ2v) is 6.67. The normalized spacial score (nSPS) is 14.4. The molecule has 25 heavy (non-hydrogen) atoms. The van der Waals surface area contributed by atoms with Gasteiger partial charge in [-0.05, 0) is 45.6 Å². The molecule has 0 atom stereocenters. The predicted octanol–water partition coefficient (Wildman–Crippen LogP) is 3.09. The van der Waals surface area contributed by atoms with Crippen molar-refractivity contribution in [2.45, 2.75) is 38.5 Å². The Hall–Kier alpha value is -1.95. The molecular weight excluding hydrogens is 316 g/mol. The van der Waals surface area contributed by atoms with Crippen molar-refractivity contribution in [1.82, 2.24) is 4.90 Å². The summed E-state index contributed by atoms with van der Waals surface area (Å²) in [5, 5.41) is 3.12. The van der Waals surface area contributed by atoms with Gasteiger partial charge in [0.15, 0.2) is 17.5 Å². The summed E-state index contributed by atoms with van der Waals surface area (Å²) in [7, 11) is 4.24. The third-order valence-corrected chi connectivity index (χ3v) is 4.07. The first-order valence-corrected chi connectivity index (χ1v) is 9.26. The van der Waals surface area contributed by atoms with Crippen molar-refractivity contribution >= 4 is 11.6 Å². The Morgan fingerprint density at radius 2 is 1.80 bits per heavy atom. The molecule has 0 saturated heterocycles. The molecule has 1 aromatic carbocycles. The molecule has 3 N–H and O–H groups in total. The van der Waals surface area contributed by atoms with Gasteiger partial charge in [0.05, 0.1) is 13.2 Å². The van der Waals surface area contributed by atoms with Gasteiger partial charge in [0, 0.05) is 24.7 Å². The van der Waals surface area contributed by atoms with Gasteiger partial charge in [-0.2, -0.15) is 0 Å². The van der Waals surface area contributed by atoms with Gasteiger partial charge in [-0.1, -0.05) is 19.3 Å². The lowest BCUT2D eigenvalue weighted by Gasteiger charge is -2.10. The highest BCUT2D eigenvalue weighted by atomic mass is 16.5. The van der Waals surface area contributed by atoms with E-state index in [-0.39, 0.29) is 0 Å². The molecular formula is C19H32N4O2. The second kappa shape index (κ2) is 10.8. The maximum absolute atomic E-state index is 5.97. The minimum atomic E-state index is 0.446. The molecule has 1 heterocycles. The zero-order valence-electron chi connectivity index (χ0n) is 15.6. The van der Waals surface area contributed by atoms with Crippen molar-refractivity contribution in [2.75, 3.05) is 45.7 Å². The first-order valence-electron chi connectivity index (χ1n) is 9.26. The van der Waals surface area contributed by atoms with Crippen LogP contribution in [0.15, 0.2) is 23.2 Å². The lowest BCUT2D eigenvalue weighted by Crippen LogP contribution is -2.22. The van der Waals surface area contributed by atoms with Gasteiger partial charge in [-0.3, -0.25) is 4.99 Å². The van der Waals surface area contributed by atoms with E-state index in [2.05, 4.69) is 29.3 Å².